The molecule has 5 heteroatoms. The van der Waals surface area contributed by atoms with Gasteiger partial charge in [-0.25, -0.2) is 8.78 Å². The van der Waals surface area contributed by atoms with Gasteiger partial charge in [-0.2, -0.15) is 0 Å². The summed E-state index contributed by atoms with van der Waals surface area (Å²) in [6.45, 7) is 0. The van der Waals surface area contributed by atoms with E-state index < -0.39 is 17.9 Å². The first-order chi connectivity index (χ1) is 5.52. The van der Waals surface area contributed by atoms with Gasteiger partial charge in [0.05, 0.1) is 0 Å². The Labute approximate surface area is 75.6 Å². The number of hydrogen-bond acceptors (Lipinski definition) is 2. The second kappa shape index (κ2) is 3.47. The van der Waals surface area contributed by atoms with Crippen molar-refractivity contribution in [3.8, 4) is 0 Å². The molecule has 1 aromatic rings. The van der Waals surface area contributed by atoms with Crippen molar-refractivity contribution in [2.24, 2.45) is 0 Å². The molecule has 0 saturated carbocycles. The van der Waals surface area contributed by atoms with Crippen LogP contribution in [-0.2, 0) is 0 Å². The average molecular weight is 239 g/mol. The van der Waals surface area contributed by atoms with Gasteiger partial charge in [0.25, 0.3) is 0 Å². The molecule has 0 aliphatic rings. The Kier molecular flexibility index (Phi) is 2.76. The zero-order chi connectivity index (χ0) is 9.30. The Morgan fingerprint density at radius 3 is 2.17 bits per heavy atom. The number of aliphatic hydroxyl groups is 2. The Hall–Kier alpha value is -0.520. The molecule has 0 saturated heterocycles. The molecule has 0 bridgehead atoms. The second-order valence-electron chi connectivity index (χ2n) is 2.16. The zero-order valence-electron chi connectivity index (χ0n) is 5.76. The summed E-state index contributed by atoms with van der Waals surface area (Å²) in [5.74, 6) is -2.15. The van der Waals surface area contributed by atoms with E-state index in [1.54, 1.807) is 0 Å². The normalized spacial score (nSPS) is 10.8. The summed E-state index contributed by atoms with van der Waals surface area (Å²) >= 11 is 2.86. The van der Waals surface area contributed by atoms with E-state index in [1.165, 1.54) is 0 Å². The molecule has 12 heavy (non-hydrogen) atoms. The van der Waals surface area contributed by atoms with Crippen molar-refractivity contribution >= 4 is 15.9 Å². The van der Waals surface area contributed by atoms with E-state index in [1.807, 2.05) is 0 Å². The summed E-state index contributed by atoms with van der Waals surface area (Å²) in [5, 5.41) is 17.3. The number of aliphatic hydroxyl groups excluding tert-OH is 1. The Morgan fingerprint density at radius 2 is 1.67 bits per heavy atom. The topological polar surface area (TPSA) is 40.5 Å². The van der Waals surface area contributed by atoms with Crippen LogP contribution in [0.2, 0.25) is 0 Å². The van der Waals surface area contributed by atoms with Gasteiger partial charge in [-0.1, -0.05) is 15.9 Å². The number of rotatable bonds is 1. The Balaban J connectivity index is 3.23. The minimum atomic E-state index is -1.81. The molecule has 0 radical (unpaired) electrons. The molecule has 1 aromatic carbocycles. The fourth-order valence-corrected chi connectivity index (χ4v) is 1.26. The third-order valence-corrected chi connectivity index (χ3v) is 2.00. The van der Waals surface area contributed by atoms with Crippen LogP contribution in [0.3, 0.4) is 0 Å². The zero-order valence-corrected chi connectivity index (χ0v) is 7.35. The van der Waals surface area contributed by atoms with E-state index in [2.05, 4.69) is 15.9 Å². The number of halogens is 3. The minimum absolute atomic E-state index is 0.103. The molecule has 0 aromatic heterocycles. The van der Waals surface area contributed by atoms with Crippen LogP contribution >= 0.6 is 15.9 Å². The largest absolute Gasteiger partial charge is 0.364 e. The van der Waals surface area contributed by atoms with E-state index in [9.17, 15) is 8.78 Å². The summed E-state index contributed by atoms with van der Waals surface area (Å²) in [7, 11) is 0. The van der Waals surface area contributed by atoms with Crippen molar-refractivity contribution in [2.45, 2.75) is 6.29 Å². The third-order valence-electron chi connectivity index (χ3n) is 1.32. The predicted octanol–water partition coefficient (Wildman–Crippen LogP) is 1.71. The van der Waals surface area contributed by atoms with Gasteiger partial charge in [0.1, 0.15) is 0 Å². The third kappa shape index (κ3) is 1.80. The highest BCUT2D eigenvalue weighted by Gasteiger charge is 2.12. The molecule has 0 heterocycles. The van der Waals surface area contributed by atoms with Crippen molar-refractivity contribution in [3.05, 3.63) is 33.8 Å². The lowest BCUT2D eigenvalue weighted by Gasteiger charge is -2.06. The molecule has 0 fully saturated rings. The molecule has 1 rings (SSSR count). The van der Waals surface area contributed by atoms with Gasteiger partial charge >= 0.3 is 0 Å². The highest BCUT2D eigenvalue weighted by Crippen LogP contribution is 2.24. The van der Waals surface area contributed by atoms with Crippen LogP contribution in [0.25, 0.3) is 0 Å². The van der Waals surface area contributed by atoms with E-state index in [-0.39, 0.29) is 10.0 Å². The molecule has 0 aliphatic heterocycles. The first-order valence-electron chi connectivity index (χ1n) is 3.03. The van der Waals surface area contributed by atoms with Crippen LogP contribution < -0.4 is 0 Å². The lowest BCUT2D eigenvalue weighted by molar-refractivity contribution is -0.0433. The standard InChI is InChI=1S/C7H5BrF2O2/c8-4-2-6(10)5(9)1-3(4)7(11)12/h1-2,7,11-12H. The molecular formula is C7H5BrF2O2. The van der Waals surface area contributed by atoms with E-state index >= 15 is 0 Å². The van der Waals surface area contributed by atoms with Crippen molar-refractivity contribution in [2.75, 3.05) is 0 Å². The second-order valence-corrected chi connectivity index (χ2v) is 3.02. The van der Waals surface area contributed by atoms with Crippen LogP contribution in [0.4, 0.5) is 8.78 Å². The van der Waals surface area contributed by atoms with Gasteiger partial charge in [0.2, 0.25) is 0 Å². The first-order valence-corrected chi connectivity index (χ1v) is 3.82. The monoisotopic (exact) mass is 238 g/mol. The molecule has 2 nitrogen and oxygen atoms in total. The van der Waals surface area contributed by atoms with E-state index in [0.717, 1.165) is 12.1 Å². The van der Waals surface area contributed by atoms with E-state index in [4.69, 9.17) is 10.2 Å². The quantitative estimate of drug-likeness (QED) is 0.578. The highest BCUT2D eigenvalue weighted by atomic mass is 79.9. The maximum Gasteiger partial charge on any atom is 0.179 e. The first kappa shape index (κ1) is 9.57. The van der Waals surface area contributed by atoms with Crippen LogP contribution in [-0.4, -0.2) is 10.2 Å². The fourth-order valence-electron chi connectivity index (χ4n) is 0.736. The number of hydrogen-bond donors (Lipinski definition) is 2. The van der Waals surface area contributed by atoms with Gasteiger partial charge in [-0.15, -0.1) is 0 Å². The SMILES string of the molecule is OC(O)c1cc(F)c(F)cc1Br. The Bertz CT molecular complexity index is 302. The molecule has 66 valence electrons. The Morgan fingerprint density at radius 1 is 1.17 bits per heavy atom. The molecular weight excluding hydrogens is 234 g/mol. The molecule has 0 amide bonds. The summed E-state index contributed by atoms with van der Waals surface area (Å²) in [6, 6.07) is 1.56. The predicted molar refractivity (Wildman–Crippen MR) is 41.2 cm³/mol. The van der Waals surface area contributed by atoms with Gasteiger partial charge < -0.3 is 10.2 Å². The molecule has 0 aliphatic carbocycles. The van der Waals surface area contributed by atoms with Gasteiger partial charge in [0.15, 0.2) is 17.9 Å². The highest BCUT2D eigenvalue weighted by molar-refractivity contribution is 9.10. The van der Waals surface area contributed by atoms with Crippen LogP contribution in [0.5, 0.6) is 0 Å². The maximum atomic E-state index is 12.5. The summed E-state index contributed by atoms with van der Waals surface area (Å²) < 4.78 is 25.1. The lowest BCUT2D eigenvalue weighted by Crippen LogP contribution is -1.98. The average Bonchev–Trinajstić information content (AvgIpc) is 1.96. The van der Waals surface area contributed by atoms with Gasteiger partial charge in [0, 0.05) is 10.0 Å². The van der Waals surface area contributed by atoms with Crippen molar-refractivity contribution < 1.29 is 19.0 Å². The molecule has 0 unspecified atom stereocenters. The lowest BCUT2D eigenvalue weighted by atomic mass is 10.2. The summed E-state index contributed by atoms with van der Waals surface area (Å²) in [4.78, 5) is 0. The molecule has 0 spiro atoms. The minimum Gasteiger partial charge on any atom is -0.364 e. The van der Waals surface area contributed by atoms with Gasteiger partial charge in [-0.3, -0.25) is 0 Å². The van der Waals surface area contributed by atoms with Crippen molar-refractivity contribution in [1.82, 2.24) is 0 Å². The molecule has 0 atom stereocenters. The van der Waals surface area contributed by atoms with Crippen LogP contribution in [0.1, 0.15) is 11.9 Å². The smallest absolute Gasteiger partial charge is 0.179 e. The van der Waals surface area contributed by atoms with Crippen LogP contribution in [0.15, 0.2) is 16.6 Å². The van der Waals surface area contributed by atoms with Crippen molar-refractivity contribution in [3.63, 3.8) is 0 Å². The summed E-state index contributed by atoms with van der Waals surface area (Å²) in [6.07, 6.45) is -1.81. The van der Waals surface area contributed by atoms with Crippen molar-refractivity contribution in [1.29, 1.82) is 0 Å². The maximum absolute atomic E-state index is 12.5. The fraction of sp³-hybridized carbons (Fsp3) is 0.143. The molecule has 2 N–H and O–H groups in total. The van der Waals surface area contributed by atoms with E-state index in [0.29, 0.717) is 0 Å². The number of benzene rings is 1. The summed E-state index contributed by atoms with van der Waals surface area (Å²) in [5.41, 5.74) is -0.103. The van der Waals surface area contributed by atoms with Crippen LogP contribution in [0, 0.1) is 11.6 Å². The van der Waals surface area contributed by atoms with Gasteiger partial charge in [-0.05, 0) is 12.1 Å².